The van der Waals surface area contributed by atoms with Gasteiger partial charge in [-0.15, -0.1) is 0 Å². The van der Waals surface area contributed by atoms with Crippen LogP contribution in [-0.4, -0.2) is 39.9 Å². The van der Waals surface area contributed by atoms with Crippen molar-refractivity contribution >= 4 is 29.2 Å². The summed E-state index contributed by atoms with van der Waals surface area (Å²) < 4.78 is 0. The van der Waals surface area contributed by atoms with E-state index >= 15 is 0 Å². The van der Waals surface area contributed by atoms with E-state index in [4.69, 9.17) is 5.11 Å². The lowest BCUT2D eigenvalue weighted by Crippen LogP contribution is -2.45. The third-order valence-corrected chi connectivity index (χ3v) is 2.30. The minimum atomic E-state index is -0.132. The average Bonchev–Trinajstić information content (AvgIpc) is 1.88. The summed E-state index contributed by atoms with van der Waals surface area (Å²) >= 11 is 6.39. The minimum Gasteiger partial charge on any atom is -0.486 e. The number of rotatable bonds is 1. The summed E-state index contributed by atoms with van der Waals surface area (Å²) in [6, 6.07) is 0. The van der Waals surface area contributed by atoms with E-state index in [2.05, 4.69) is 17.6 Å². The molecular formula is C5H10N2OS2. The van der Waals surface area contributed by atoms with Crippen LogP contribution in [0.4, 0.5) is 0 Å². The van der Waals surface area contributed by atoms with E-state index in [1.165, 1.54) is 0 Å². The molecule has 1 aliphatic heterocycles. The molecular weight excluding hydrogens is 168 g/mol. The maximum absolute atomic E-state index is 8.68. The van der Waals surface area contributed by atoms with Crippen molar-refractivity contribution in [3.63, 3.8) is 0 Å². The zero-order valence-corrected chi connectivity index (χ0v) is 7.17. The van der Waals surface area contributed by atoms with E-state index in [-0.39, 0.29) is 5.17 Å². The molecule has 0 bridgehead atoms. The first kappa shape index (κ1) is 8.10. The molecule has 0 saturated carbocycles. The number of hydrogen-bond acceptors (Lipinski definition) is 3. The molecule has 0 aromatic rings. The average molecular weight is 178 g/mol. The Morgan fingerprint density at radius 3 is 2.60 bits per heavy atom. The van der Waals surface area contributed by atoms with Crippen molar-refractivity contribution < 1.29 is 5.11 Å². The van der Waals surface area contributed by atoms with E-state index < -0.39 is 0 Å². The number of nitrogens with one attached hydrogen (secondary N) is 1. The molecule has 1 aliphatic rings. The highest BCUT2D eigenvalue weighted by molar-refractivity contribution is 7.99. The Morgan fingerprint density at radius 2 is 2.10 bits per heavy atom. The highest BCUT2D eigenvalue weighted by Gasteiger charge is 2.09. The molecule has 1 rings (SSSR count). The van der Waals surface area contributed by atoms with Gasteiger partial charge in [0.2, 0.25) is 0 Å². The molecule has 2 N–H and O–H groups in total. The Balaban J connectivity index is 2.19. The van der Waals surface area contributed by atoms with Crippen LogP contribution in [0, 0.1) is 0 Å². The molecule has 1 saturated heterocycles. The predicted octanol–water partition coefficient (Wildman–Crippen LogP) is 0.383. The standard InChI is InChI=1S/C5H10N2OS2/c8-5(9)6-7-1-3-10-4-2-7/h1-4H2,(H2,6,8,9). The molecule has 0 spiro atoms. The molecule has 0 aromatic heterocycles. The van der Waals surface area contributed by atoms with Crippen LogP contribution in [0.2, 0.25) is 0 Å². The number of aliphatic hydroxyl groups is 1. The fraction of sp³-hybridized carbons (Fsp3) is 0.800. The molecule has 0 radical (unpaired) electrons. The Hall–Kier alpha value is -0.0000000000000000555. The summed E-state index contributed by atoms with van der Waals surface area (Å²) in [7, 11) is 0. The van der Waals surface area contributed by atoms with Crippen molar-refractivity contribution in [1.82, 2.24) is 10.4 Å². The zero-order valence-electron chi connectivity index (χ0n) is 5.54. The van der Waals surface area contributed by atoms with E-state index in [0.29, 0.717) is 0 Å². The Kier molecular flexibility index (Phi) is 3.24. The lowest BCUT2D eigenvalue weighted by atomic mass is 10.6. The molecule has 58 valence electrons. The fourth-order valence-corrected chi connectivity index (χ4v) is 1.84. The largest absolute Gasteiger partial charge is 0.486 e. The van der Waals surface area contributed by atoms with Crippen LogP contribution < -0.4 is 5.43 Å². The normalized spacial score (nSPS) is 20.4. The molecule has 0 amide bonds. The smallest absolute Gasteiger partial charge is 0.269 e. The molecule has 3 nitrogen and oxygen atoms in total. The van der Waals surface area contributed by atoms with Gasteiger partial charge in [0.25, 0.3) is 5.17 Å². The second-order valence-corrected chi connectivity index (χ2v) is 3.63. The second kappa shape index (κ2) is 4.00. The highest BCUT2D eigenvalue weighted by atomic mass is 32.2. The molecule has 10 heavy (non-hydrogen) atoms. The zero-order chi connectivity index (χ0) is 7.40. The molecule has 0 aliphatic carbocycles. The van der Waals surface area contributed by atoms with Gasteiger partial charge in [0, 0.05) is 24.6 Å². The minimum absolute atomic E-state index is 0.132. The molecule has 1 heterocycles. The summed E-state index contributed by atoms with van der Waals surface area (Å²) in [6.45, 7) is 1.90. The van der Waals surface area contributed by atoms with Crippen molar-refractivity contribution in [3.05, 3.63) is 0 Å². The van der Waals surface area contributed by atoms with Gasteiger partial charge in [-0.3, -0.25) is 5.43 Å². The summed E-state index contributed by atoms with van der Waals surface area (Å²) in [4.78, 5) is 0. The van der Waals surface area contributed by atoms with Gasteiger partial charge in [0.15, 0.2) is 0 Å². The molecule has 0 atom stereocenters. The maximum atomic E-state index is 8.68. The number of thiocarbonyl (C=S) groups is 1. The van der Waals surface area contributed by atoms with Crippen LogP contribution in [-0.2, 0) is 0 Å². The lowest BCUT2D eigenvalue weighted by Gasteiger charge is -2.25. The van der Waals surface area contributed by atoms with Crippen LogP contribution >= 0.6 is 24.0 Å². The summed E-state index contributed by atoms with van der Waals surface area (Å²) in [5, 5.41) is 10.5. The monoisotopic (exact) mass is 178 g/mol. The van der Waals surface area contributed by atoms with Crippen molar-refractivity contribution in [2.45, 2.75) is 0 Å². The lowest BCUT2D eigenvalue weighted by molar-refractivity contribution is 0.244. The molecule has 5 heteroatoms. The number of thioether (sulfide) groups is 1. The van der Waals surface area contributed by atoms with Gasteiger partial charge in [0.05, 0.1) is 0 Å². The number of nitrogens with zero attached hydrogens (tertiary/aromatic N) is 1. The van der Waals surface area contributed by atoms with Crippen LogP contribution in [0.1, 0.15) is 0 Å². The van der Waals surface area contributed by atoms with Crippen LogP contribution in [0.5, 0.6) is 0 Å². The van der Waals surface area contributed by atoms with Gasteiger partial charge in [-0.05, 0) is 12.2 Å². The number of hydrazine groups is 1. The van der Waals surface area contributed by atoms with Crippen LogP contribution in [0.3, 0.4) is 0 Å². The molecule has 1 fully saturated rings. The van der Waals surface area contributed by atoms with Crippen molar-refractivity contribution in [2.75, 3.05) is 24.6 Å². The Labute approximate surface area is 69.7 Å². The summed E-state index contributed by atoms with van der Waals surface area (Å²) in [5.41, 5.74) is 2.69. The molecule has 0 unspecified atom stereocenters. The van der Waals surface area contributed by atoms with Gasteiger partial charge in [0.1, 0.15) is 0 Å². The van der Waals surface area contributed by atoms with Crippen LogP contribution in [0.25, 0.3) is 0 Å². The number of hydrogen-bond donors (Lipinski definition) is 2. The van der Waals surface area contributed by atoms with Gasteiger partial charge in [-0.25, -0.2) is 5.01 Å². The van der Waals surface area contributed by atoms with Crippen molar-refractivity contribution in [2.24, 2.45) is 0 Å². The maximum Gasteiger partial charge on any atom is 0.269 e. The predicted molar refractivity (Wildman–Crippen MR) is 47.3 cm³/mol. The first-order chi connectivity index (χ1) is 4.79. The van der Waals surface area contributed by atoms with E-state index in [1.54, 1.807) is 0 Å². The first-order valence-electron chi connectivity index (χ1n) is 3.11. The summed E-state index contributed by atoms with van der Waals surface area (Å²) in [6.07, 6.45) is 0. The molecule has 0 aromatic carbocycles. The van der Waals surface area contributed by atoms with Gasteiger partial charge >= 0.3 is 0 Å². The van der Waals surface area contributed by atoms with Crippen molar-refractivity contribution in [3.8, 4) is 0 Å². The Morgan fingerprint density at radius 1 is 1.50 bits per heavy atom. The number of aliphatic hydroxyl groups excluding tert-OH is 1. The van der Waals surface area contributed by atoms with Crippen molar-refractivity contribution in [1.29, 1.82) is 0 Å². The third kappa shape index (κ3) is 2.72. The summed E-state index contributed by atoms with van der Waals surface area (Å²) in [5.74, 6) is 2.21. The van der Waals surface area contributed by atoms with Gasteiger partial charge in [-0.2, -0.15) is 11.8 Å². The van der Waals surface area contributed by atoms with Crippen LogP contribution in [0.15, 0.2) is 0 Å². The third-order valence-electron chi connectivity index (χ3n) is 1.26. The first-order valence-corrected chi connectivity index (χ1v) is 4.67. The van der Waals surface area contributed by atoms with E-state index in [9.17, 15) is 0 Å². The second-order valence-electron chi connectivity index (χ2n) is 2.02. The van der Waals surface area contributed by atoms with Gasteiger partial charge in [-0.1, -0.05) is 0 Å². The fourth-order valence-electron chi connectivity index (χ4n) is 0.810. The van der Waals surface area contributed by atoms with E-state index in [1.807, 2.05) is 16.8 Å². The van der Waals surface area contributed by atoms with E-state index in [0.717, 1.165) is 24.6 Å². The Bertz CT molecular complexity index is 125. The van der Waals surface area contributed by atoms with Gasteiger partial charge < -0.3 is 5.11 Å². The topological polar surface area (TPSA) is 35.5 Å². The quantitative estimate of drug-likeness (QED) is 0.568. The highest BCUT2D eigenvalue weighted by Crippen LogP contribution is 2.06. The SMILES string of the molecule is OC(=S)NN1CCSCC1.